The zero-order valence-electron chi connectivity index (χ0n) is 14.4. The van der Waals surface area contributed by atoms with Crippen molar-refractivity contribution >= 4 is 23.3 Å². The molecule has 0 fully saturated rings. The molecule has 0 atom stereocenters. The molecule has 2 aromatic rings. The van der Waals surface area contributed by atoms with Crippen molar-refractivity contribution in [2.75, 3.05) is 6.61 Å². The molecule has 0 saturated heterocycles. The fourth-order valence-corrected chi connectivity index (χ4v) is 2.01. The topological polar surface area (TPSA) is 112 Å². The molecule has 0 aliphatic carbocycles. The van der Waals surface area contributed by atoms with E-state index in [4.69, 9.17) is 21.0 Å². The molecule has 26 heavy (non-hydrogen) atoms. The average Bonchev–Trinajstić information content (AvgIpc) is 2.62. The molecule has 0 bridgehead atoms. The number of guanidine groups is 1. The minimum Gasteiger partial charge on any atom is -0.423 e. The lowest BCUT2D eigenvalue weighted by atomic mass is 10.1. The Labute approximate surface area is 151 Å². The molecular weight excluding hydrogens is 332 g/mol. The maximum Gasteiger partial charge on any atom is 0.343 e. The first-order chi connectivity index (χ1) is 12.5. The lowest BCUT2D eigenvalue weighted by Gasteiger charge is -2.07. The summed E-state index contributed by atoms with van der Waals surface area (Å²) in [5.41, 5.74) is 13.0. The molecule has 2 aromatic carbocycles. The van der Waals surface area contributed by atoms with Crippen LogP contribution in [-0.2, 0) is 4.84 Å². The molecule has 134 valence electrons. The summed E-state index contributed by atoms with van der Waals surface area (Å²) in [4.78, 5) is 21.2. The number of nitrogens with zero attached hydrogens (tertiary/aromatic N) is 2. The number of benzene rings is 2. The Morgan fingerprint density at radius 2 is 1.88 bits per heavy atom. The van der Waals surface area contributed by atoms with E-state index in [1.807, 2.05) is 6.07 Å². The third kappa shape index (κ3) is 5.48. The molecule has 0 spiro atoms. The average molecular weight is 352 g/mol. The molecule has 4 N–H and O–H groups in total. The van der Waals surface area contributed by atoms with Gasteiger partial charge in [-0.3, -0.25) is 0 Å². The first-order valence-electron chi connectivity index (χ1n) is 7.79. The fourth-order valence-electron chi connectivity index (χ4n) is 2.01. The maximum absolute atomic E-state index is 12.3. The molecule has 0 saturated carbocycles. The summed E-state index contributed by atoms with van der Waals surface area (Å²) in [6, 6.07) is 13.4. The smallest absolute Gasteiger partial charge is 0.343 e. The highest BCUT2D eigenvalue weighted by Crippen LogP contribution is 2.18. The SMILES string of the molecule is C=CCON=C(C)c1cccc(OC(=O)c2ccc(N=C(N)N)cc2)c1. The number of aliphatic imine (C=N–C) groups is 1. The van der Waals surface area contributed by atoms with Gasteiger partial charge >= 0.3 is 5.97 Å². The molecule has 0 aliphatic heterocycles. The summed E-state index contributed by atoms with van der Waals surface area (Å²) < 4.78 is 5.40. The third-order valence-corrected chi connectivity index (χ3v) is 3.22. The summed E-state index contributed by atoms with van der Waals surface area (Å²) in [6.45, 7) is 5.67. The lowest BCUT2D eigenvalue weighted by molar-refractivity contribution is 0.0735. The van der Waals surface area contributed by atoms with Crippen molar-refractivity contribution in [1.29, 1.82) is 0 Å². The van der Waals surface area contributed by atoms with Crippen molar-refractivity contribution in [2.24, 2.45) is 21.6 Å². The van der Waals surface area contributed by atoms with Gasteiger partial charge in [0.15, 0.2) is 5.96 Å². The van der Waals surface area contributed by atoms with Crippen molar-refractivity contribution in [3.8, 4) is 5.75 Å². The number of esters is 1. The summed E-state index contributed by atoms with van der Waals surface area (Å²) in [7, 11) is 0. The summed E-state index contributed by atoms with van der Waals surface area (Å²) in [6.07, 6.45) is 1.60. The van der Waals surface area contributed by atoms with Crippen molar-refractivity contribution in [1.82, 2.24) is 0 Å². The highest BCUT2D eigenvalue weighted by molar-refractivity contribution is 5.99. The van der Waals surface area contributed by atoms with E-state index < -0.39 is 5.97 Å². The monoisotopic (exact) mass is 352 g/mol. The van der Waals surface area contributed by atoms with Crippen LogP contribution in [0.3, 0.4) is 0 Å². The second-order valence-electron chi connectivity index (χ2n) is 5.26. The van der Waals surface area contributed by atoms with Crippen LogP contribution in [0.4, 0.5) is 5.69 Å². The predicted molar refractivity (Wildman–Crippen MR) is 102 cm³/mol. The van der Waals surface area contributed by atoms with Crippen LogP contribution in [0.15, 0.2) is 71.3 Å². The van der Waals surface area contributed by atoms with Gasteiger partial charge in [-0.25, -0.2) is 9.79 Å². The molecule has 2 rings (SSSR count). The van der Waals surface area contributed by atoms with Crippen LogP contribution in [-0.4, -0.2) is 24.2 Å². The summed E-state index contributed by atoms with van der Waals surface area (Å²) in [5.74, 6) is -0.138. The van der Waals surface area contributed by atoms with Crippen LogP contribution in [0.25, 0.3) is 0 Å². The van der Waals surface area contributed by atoms with Crippen LogP contribution in [0, 0.1) is 0 Å². The minimum atomic E-state index is -0.490. The van der Waals surface area contributed by atoms with Gasteiger partial charge in [-0.15, -0.1) is 0 Å². The van der Waals surface area contributed by atoms with E-state index >= 15 is 0 Å². The van der Waals surface area contributed by atoms with E-state index in [0.717, 1.165) is 5.56 Å². The Morgan fingerprint density at radius 1 is 1.15 bits per heavy atom. The summed E-state index contributed by atoms with van der Waals surface area (Å²) in [5, 5.41) is 3.97. The van der Waals surface area contributed by atoms with Gasteiger partial charge in [-0.1, -0.05) is 29.9 Å². The minimum absolute atomic E-state index is 0.0498. The quantitative estimate of drug-likeness (QED) is 0.151. The standard InChI is InChI=1S/C19H20N4O3/c1-3-11-25-23-13(2)15-5-4-6-17(12-15)26-18(24)14-7-9-16(10-8-14)22-19(20)21/h3-10,12H,1,11H2,2H3,(H4,20,21,22). The van der Waals surface area contributed by atoms with E-state index in [-0.39, 0.29) is 5.96 Å². The first-order valence-corrected chi connectivity index (χ1v) is 7.79. The van der Waals surface area contributed by atoms with Crippen LogP contribution < -0.4 is 16.2 Å². The molecule has 0 aromatic heterocycles. The number of oxime groups is 1. The van der Waals surface area contributed by atoms with E-state index in [2.05, 4.69) is 16.7 Å². The van der Waals surface area contributed by atoms with E-state index in [1.165, 1.54) is 0 Å². The number of rotatable bonds is 7. The third-order valence-electron chi connectivity index (χ3n) is 3.22. The van der Waals surface area contributed by atoms with Gasteiger partial charge in [0.1, 0.15) is 12.4 Å². The number of carbonyl (C=O) groups excluding carboxylic acids is 1. The Hall–Kier alpha value is -3.61. The highest BCUT2D eigenvalue weighted by atomic mass is 16.6. The van der Waals surface area contributed by atoms with Gasteiger partial charge < -0.3 is 21.0 Å². The first kappa shape index (κ1) is 18.7. The molecular formula is C19H20N4O3. The van der Waals surface area contributed by atoms with Gasteiger partial charge in [0, 0.05) is 5.56 Å². The van der Waals surface area contributed by atoms with E-state index in [1.54, 1.807) is 55.5 Å². The van der Waals surface area contributed by atoms with Crippen molar-refractivity contribution < 1.29 is 14.4 Å². The van der Waals surface area contributed by atoms with Gasteiger partial charge in [0.25, 0.3) is 0 Å². The number of carbonyl (C=O) groups is 1. The molecule has 0 radical (unpaired) electrons. The fraction of sp³-hybridized carbons (Fsp3) is 0.105. The van der Waals surface area contributed by atoms with Crippen molar-refractivity contribution in [2.45, 2.75) is 6.92 Å². The predicted octanol–water partition coefficient (Wildman–Crippen LogP) is 2.74. The van der Waals surface area contributed by atoms with Gasteiger partial charge in [-0.05, 0) is 43.3 Å². The van der Waals surface area contributed by atoms with Crippen LogP contribution in [0.5, 0.6) is 5.75 Å². The normalized spacial score (nSPS) is 10.7. The maximum atomic E-state index is 12.3. The largest absolute Gasteiger partial charge is 0.423 e. The molecule has 0 unspecified atom stereocenters. The number of ether oxygens (including phenoxy) is 1. The van der Waals surface area contributed by atoms with Gasteiger partial charge in [-0.2, -0.15) is 0 Å². The number of hydrogen-bond acceptors (Lipinski definition) is 5. The molecule has 7 nitrogen and oxygen atoms in total. The Kier molecular flexibility index (Phi) is 6.50. The number of nitrogens with two attached hydrogens (primary N) is 2. The Morgan fingerprint density at radius 3 is 2.54 bits per heavy atom. The van der Waals surface area contributed by atoms with Gasteiger partial charge in [0.2, 0.25) is 0 Å². The molecule has 7 heteroatoms. The summed E-state index contributed by atoms with van der Waals surface area (Å²) >= 11 is 0. The second kappa shape index (κ2) is 9.03. The second-order valence-corrected chi connectivity index (χ2v) is 5.26. The zero-order valence-corrected chi connectivity index (χ0v) is 14.4. The van der Waals surface area contributed by atoms with Crippen molar-refractivity contribution in [3.05, 3.63) is 72.3 Å². The van der Waals surface area contributed by atoms with Crippen LogP contribution in [0.1, 0.15) is 22.8 Å². The Bertz CT molecular complexity index is 838. The van der Waals surface area contributed by atoms with Crippen LogP contribution in [0.2, 0.25) is 0 Å². The zero-order chi connectivity index (χ0) is 18.9. The van der Waals surface area contributed by atoms with E-state index in [9.17, 15) is 4.79 Å². The number of hydrogen-bond donors (Lipinski definition) is 2. The van der Waals surface area contributed by atoms with Crippen LogP contribution >= 0.6 is 0 Å². The van der Waals surface area contributed by atoms with Crippen molar-refractivity contribution in [3.63, 3.8) is 0 Å². The van der Waals surface area contributed by atoms with Gasteiger partial charge in [0.05, 0.1) is 17.0 Å². The molecule has 0 heterocycles. The molecule has 0 amide bonds. The van der Waals surface area contributed by atoms with E-state index in [0.29, 0.717) is 29.3 Å². The lowest BCUT2D eigenvalue weighted by Crippen LogP contribution is -2.21. The molecule has 0 aliphatic rings. The highest BCUT2D eigenvalue weighted by Gasteiger charge is 2.10. The Balaban J connectivity index is 2.09.